The molecule has 1 N–H and O–H groups in total. The van der Waals surface area contributed by atoms with Gasteiger partial charge in [-0.15, -0.1) is 11.3 Å². The van der Waals surface area contributed by atoms with E-state index in [1.807, 2.05) is 11.4 Å². The van der Waals surface area contributed by atoms with Crippen LogP contribution >= 0.6 is 11.3 Å². The van der Waals surface area contributed by atoms with Gasteiger partial charge in [0.05, 0.1) is 0 Å². The van der Waals surface area contributed by atoms with E-state index in [-0.39, 0.29) is 0 Å². The summed E-state index contributed by atoms with van der Waals surface area (Å²) in [6, 6.07) is 8.38. The molecule has 3 heteroatoms. The average molecular weight is 259 g/mol. The Labute approximate surface area is 112 Å². The molecular formula is C15H17NOS. The van der Waals surface area contributed by atoms with E-state index in [0.29, 0.717) is 0 Å². The molecule has 94 valence electrons. The number of hydrogen-bond donors (Lipinski definition) is 1. The first-order chi connectivity index (χ1) is 8.65. The molecule has 0 saturated carbocycles. The normalized spacial score (nSPS) is 15.8. The summed E-state index contributed by atoms with van der Waals surface area (Å²) in [5, 5.41) is 12.4. The lowest BCUT2D eigenvalue weighted by atomic mass is 10.0. The Balaban J connectivity index is 1.93. The highest BCUT2D eigenvalue weighted by Crippen LogP contribution is 2.32. The predicted octanol–water partition coefficient (Wildman–Crippen LogP) is 3.13. The summed E-state index contributed by atoms with van der Waals surface area (Å²) in [6.45, 7) is 3.14. The highest BCUT2D eigenvalue weighted by atomic mass is 32.1. The van der Waals surface area contributed by atoms with E-state index in [0.717, 1.165) is 24.1 Å². The Morgan fingerprint density at radius 2 is 2.11 bits per heavy atom. The molecule has 0 radical (unpaired) electrons. The molecule has 2 nitrogen and oxygen atoms in total. The smallest absolute Gasteiger partial charge is 0.105 e. The fraction of sp³-hybridized carbons (Fsp3) is 0.333. The molecule has 2 aromatic rings. The minimum absolute atomic E-state index is 0.494. The monoisotopic (exact) mass is 259 g/mol. The van der Waals surface area contributed by atoms with Crippen LogP contribution in [0.4, 0.5) is 5.69 Å². The third-order valence-electron chi connectivity index (χ3n) is 3.61. The van der Waals surface area contributed by atoms with E-state index >= 15 is 0 Å². The second-order valence-corrected chi connectivity index (χ2v) is 6.07. The van der Waals surface area contributed by atoms with Crippen LogP contribution in [0.2, 0.25) is 0 Å². The van der Waals surface area contributed by atoms with Crippen molar-refractivity contribution in [3.05, 3.63) is 51.2 Å². The van der Waals surface area contributed by atoms with Gasteiger partial charge in [-0.05, 0) is 47.5 Å². The fourth-order valence-corrected chi connectivity index (χ4v) is 3.28. The van der Waals surface area contributed by atoms with Crippen molar-refractivity contribution in [2.24, 2.45) is 0 Å². The van der Waals surface area contributed by atoms with Crippen molar-refractivity contribution in [3.8, 4) is 0 Å². The Morgan fingerprint density at radius 1 is 1.28 bits per heavy atom. The molecule has 0 fully saturated rings. The van der Waals surface area contributed by atoms with Crippen molar-refractivity contribution in [3.63, 3.8) is 0 Å². The van der Waals surface area contributed by atoms with Crippen molar-refractivity contribution in [2.75, 3.05) is 18.5 Å². The van der Waals surface area contributed by atoms with E-state index < -0.39 is 6.10 Å². The maximum absolute atomic E-state index is 10.4. The lowest BCUT2D eigenvalue weighted by Gasteiger charge is -2.14. The molecule has 1 aliphatic heterocycles. The third-order valence-corrected chi connectivity index (χ3v) is 4.49. The lowest BCUT2D eigenvalue weighted by molar-refractivity contribution is 0.220. The Kier molecular flexibility index (Phi) is 2.88. The Hall–Kier alpha value is -1.32. The number of anilines is 1. The molecule has 0 amide bonds. The predicted molar refractivity (Wildman–Crippen MR) is 76.5 cm³/mol. The van der Waals surface area contributed by atoms with Crippen LogP contribution in [0.5, 0.6) is 0 Å². The first kappa shape index (κ1) is 11.8. The van der Waals surface area contributed by atoms with Gasteiger partial charge in [0.1, 0.15) is 6.10 Å². The molecule has 0 spiro atoms. The highest BCUT2D eigenvalue weighted by molar-refractivity contribution is 7.10. The van der Waals surface area contributed by atoms with Gasteiger partial charge in [-0.2, -0.15) is 0 Å². The van der Waals surface area contributed by atoms with Crippen LogP contribution in [-0.4, -0.2) is 18.7 Å². The van der Waals surface area contributed by atoms with Crippen molar-refractivity contribution in [2.45, 2.75) is 19.4 Å². The van der Waals surface area contributed by atoms with Crippen LogP contribution < -0.4 is 4.90 Å². The maximum Gasteiger partial charge on any atom is 0.105 e. The van der Waals surface area contributed by atoms with Gasteiger partial charge in [-0.3, -0.25) is 0 Å². The van der Waals surface area contributed by atoms with Gasteiger partial charge in [-0.25, -0.2) is 0 Å². The number of thiophene rings is 1. The fourth-order valence-electron chi connectivity index (χ4n) is 2.56. The summed E-state index contributed by atoms with van der Waals surface area (Å²) in [7, 11) is 2.12. The van der Waals surface area contributed by atoms with Gasteiger partial charge < -0.3 is 10.0 Å². The number of benzene rings is 1. The van der Waals surface area contributed by atoms with Crippen molar-refractivity contribution in [1.82, 2.24) is 0 Å². The highest BCUT2D eigenvalue weighted by Gasteiger charge is 2.18. The standard InChI is InChI=1S/C15H17NOS/c1-10-7-13(9-18-10)15(17)12-3-4-14-11(8-12)5-6-16(14)2/h3-4,7-9,15,17H,5-6H2,1-2H3. The second-order valence-electron chi connectivity index (χ2n) is 4.95. The zero-order valence-electron chi connectivity index (χ0n) is 10.7. The minimum atomic E-state index is -0.494. The van der Waals surface area contributed by atoms with Gasteiger partial charge in [0, 0.05) is 24.2 Å². The van der Waals surface area contributed by atoms with Crippen molar-refractivity contribution < 1.29 is 5.11 Å². The van der Waals surface area contributed by atoms with Crippen molar-refractivity contribution in [1.29, 1.82) is 0 Å². The van der Waals surface area contributed by atoms with Gasteiger partial charge >= 0.3 is 0 Å². The molecule has 0 saturated heterocycles. The number of aliphatic hydroxyl groups excluding tert-OH is 1. The van der Waals surface area contributed by atoms with Crippen LogP contribution in [0.25, 0.3) is 0 Å². The van der Waals surface area contributed by atoms with E-state index in [1.54, 1.807) is 11.3 Å². The first-order valence-electron chi connectivity index (χ1n) is 6.22. The topological polar surface area (TPSA) is 23.5 Å². The molecule has 1 aromatic heterocycles. The maximum atomic E-state index is 10.4. The molecule has 0 bridgehead atoms. The zero-order chi connectivity index (χ0) is 12.7. The number of nitrogens with zero attached hydrogens (tertiary/aromatic N) is 1. The largest absolute Gasteiger partial charge is 0.384 e. The first-order valence-corrected chi connectivity index (χ1v) is 7.10. The zero-order valence-corrected chi connectivity index (χ0v) is 11.5. The SMILES string of the molecule is Cc1cc(C(O)c2ccc3c(c2)CCN3C)cs1. The molecule has 1 atom stereocenters. The summed E-state index contributed by atoms with van der Waals surface area (Å²) < 4.78 is 0. The summed E-state index contributed by atoms with van der Waals surface area (Å²) in [4.78, 5) is 3.50. The Bertz CT molecular complexity index is 576. The lowest BCUT2D eigenvalue weighted by Crippen LogP contribution is -2.12. The number of rotatable bonds is 2. The Morgan fingerprint density at radius 3 is 2.83 bits per heavy atom. The van der Waals surface area contributed by atoms with Crippen LogP contribution in [0.3, 0.4) is 0 Å². The van der Waals surface area contributed by atoms with Gasteiger partial charge in [-0.1, -0.05) is 12.1 Å². The molecule has 1 aromatic carbocycles. The summed E-state index contributed by atoms with van der Waals surface area (Å²) >= 11 is 1.69. The van der Waals surface area contributed by atoms with Gasteiger partial charge in [0.25, 0.3) is 0 Å². The number of likely N-dealkylation sites (N-methyl/N-ethyl adjacent to an activating group) is 1. The summed E-state index contributed by atoms with van der Waals surface area (Å²) in [5.41, 5.74) is 4.65. The quantitative estimate of drug-likeness (QED) is 0.895. The molecular weight excluding hydrogens is 242 g/mol. The van der Waals surface area contributed by atoms with Crippen LogP contribution in [0.15, 0.2) is 29.6 Å². The number of aliphatic hydroxyl groups is 1. The van der Waals surface area contributed by atoms with Gasteiger partial charge in [0.2, 0.25) is 0 Å². The van der Waals surface area contributed by atoms with Crippen LogP contribution in [-0.2, 0) is 6.42 Å². The number of fused-ring (bicyclic) bond motifs is 1. The molecule has 0 aliphatic carbocycles. The summed E-state index contributed by atoms with van der Waals surface area (Å²) in [6.07, 6.45) is 0.584. The van der Waals surface area contributed by atoms with Crippen LogP contribution in [0.1, 0.15) is 27.7 Å². The molecule has 2 heterocycles. The molecule has 1 unspecified atom stereocenters. The average Bonchev–Trinajstić information content (AvgIpc) is 2.95. The van der Waals surface area contributed by atoms with Crippen molar-refractivity contribution >= 4 is 17.0 Å². The summed E-state index contributed by atoms with van der Waals surface area (Å²) in [5.74, 6) is 0. The van der Waals surface area contributed by atoms with Gasteiger partial charge in [0.15, 0.2) is 0 Å². The van der Waals surface area contributed by atoms with Crippen LogP contribution in [0, 0.1) is 6.92 Å². The second kappa shape index (κ2) is 4.41. The minimum Gasteiger partial charge on any atom is -0.384 e. The van der Waals surface area contributed by atoms with E-state index in [2.05, 4.69) is 37.1 Å². The molecule has 1 aliphatic rings. The van der Waals surface area contributed by atoms with E-state index in [4.69, 9.17) is 0 Å². The van der Waals surface area contributed by atoms with E-state index in [1.165, 1.54) is 16.1 Å². The third kappa shape index (κ3) is 1.93. The molecule has 3 rings (SSSR count). The number of hydrogen-bond acceptors (Lipinski definition) is 3. The molecule has 18 heavy (non-hydrogen) atoms. The number of aryl methyl sites for hydroxylation is 1. The van der Waals surface area contributed by atoms with E-state index in [9.17, 15) is 5.11 Å².